The summed E-state index contributed by atoms with van der Waals surface area (Å²) in [6.45, 7) is 1.84. The molecular formula is C41H34N2O6. The Morgan fingerprint density at radius 3 is 1.24 bits per heavy atom. The molecule has 0 radical (unpaired) electrons. The summed E-state index contributed by atoms with van der Waals surface area (Å²) in [6.07, 6.45) is -0.418. The quantitative estimate of drug-likeness (QED) is 0.0962. The highest BCUT2D eigenvalue weighted by Crippen LogP contribution is 2.37. The lowest BCUT2D eigenvalue weighted by molar-refractivity contribution is -0.137. The van der Waals surface area contributed by atoms with E-state index in [2.05, 4.69) is 109 Å². The van der Waals surface area contributed by atoms with Gasteiger partial charge in [-0.1, -0.05) is 116 Å². The lowest BCUT2D eigenvalue weighted by atomic mass is 9.94. The monoisotopic (exact) mass is 650 g/mol. The Hall–Kier alpha value is -6.28. The zero-order valence-corrected chi connectivity index (χ0v) is 26.9. The molecule has 0 bridgehead atoms. The fourth-order valence-corrected chi connectivity index (χ4v) is 6.43. The van der Waals surface area contributed by atoms with Crippen LogP contribution >= 0.6 is 0 Å². The molecule has 1 fully saturated rings. The van der Waals surface area contributed by atoms with Crippen molar-refractivity contribution in [1.29, 1.82) is 0 Å². The summed E-state index contributed by atoms with van der Waals surface area (Å²) in [5.41, 5.74) is 6.92. The molecule has 1 aliphatic heterocycles. The second kappa shape index (κ2) is 13.8. The van der Waals surface area contributed by atoms with E-state index in [1.165, 1.54) is 59.2 Å². The molecule has 0 atom stereocenters. The average molecular weight is 651 g/mol. The molecule has 49 heavy (non-hydrogen) atoms. The highest BCUT2D eigenvalue weighted by molar-refractivity contribution is 6.25. The summed E-state index contributed by atoms with van der Waals surface area (Å²) >= 11 is 0. The Kier molecular flexibility index (Phi) is 9.22. The number of carboxylic acid groups (broad SMARTS) is 2. The third kappa shape index (κ3) is 6.49. The molecular weight excluding hydrogens is 616 g/mol. The van der Waals surface area contributed by atoms with Crippen molar-refractivity contribution in [3.8, 4) is 0 Å². The molecule has 0 aliphatic carbocycles. The maximum absolute atomic E-state index is 10.6. The van der Waals surface area contributed by atoms with Gasteiger partial charge in [-0.3, -0.25) is 14.4 Å². The molecule has 0 aromatic heterocycles. The zero-order valence-electron chi connectivity index (χ0n) is 26.9. The van der Waals surface area contributed by atoms with Crippen molar-refractivity contribution in [2.24, 2.45) is 0 Å². The third-order valence-corrected chi connectivity index (χ3v) is 8.66. The van der Waals surface area contributed by atoms with Gasteiger partial charge in [0, 0.05) is 30.3 Å². The molecule has 8 heteroatoms. The smallest absolute Gasteiger partial charge is 0.421 e. The third-order valence-electron chi connectivity index (χ3n) is 8.66. The summed E-state index contributed by atoms with van der Waals surface area (Å²) in [6, 6.07) is 41.0. The summed E-state index contributed by atoms with van der Waals surface area (Å²) in [4.78, 5) is 41.1. The fraction of sp³-hybridized carbons (Fsp3) is 0.122. The van der Waals surface area contributed by atoms with Crippen LogP contribution in [0.2, 0.25) is 0 Å². The molecule has 4 N–H and O–H groups in total. The number of rotatable bonds is 2. The van der Waals surface area contributed by atoms with Gasteiger partial charge in [0.05, 0.1) is 0 Å². The highest BCUT2D eigenvalue weighted by atomic mass is 16.4. The molecule has 0 spiro atoms. The Labute approximate surface area is 281 Å². The van der Waals surface area contributed by atoms with E-state index in [9.17, 15) is 19.2 Å². The molecule has 9 rings (SSSR count). The van der Waals surface area contributed by atoms with E-state index in [0.29, 0.717) is 6.42 Å². The van der Waals surface area contributed by atoms with Crippen LogP contribution in [0, 0.1) is 0 Å². The summed E-state index contributed by atoms with van der Waals surface area (Å²) < 4.78 is 0. The van der Waals surface area contributed by atoms with Crippen LogP contribution in [-0.2, 0) is 14.4 Å². The predicted octanol–water partition coefficient (Wildman–Crippen LogP) is 9.43. The van der Waals surface area contributed by atoms with Crippen LogP contribution in [0.5, 0.6) is 0 Å². The van der Waals surface area contributed by atoms with E-state index < -0.39 is 23.9 Å². The minimum Gasteiger partial charge on any atom is -0.481 e. The number of anilines is 1. The van der Waals surface area contributed by atoms with Crippen molar-refractivity contribution in [3.63, 3.8) is 0 Å². The summed E-state index contributed by atoms with van der Waals surface area (Å²) in [7, 11) is 0. The van der Waals surface area contributed by atoms with Crippen molar-refractivity contribution in [3.05, 3.63) is 115 Å². The minimum atomic E-state index is -1.48. The van der Waals surface area contributed by atoms with Gasteiger partial charge in [0.25, 0.3) is 0 Å². The second-order valence-electron chi connectivity index (χ2n) is 11.8. The lowest BCUT2D eigenvalue weighted by Gasteiger charge is -2.11. The number of hydrogen-bond donors (Lipinski definition) is 3. The van der Waals surface area contributed by atoms with E-state index in [0.717, 1.165) is 17.5 Å². The molecule has 244 valence electrons. The van der Waals surface area contributed by atoms with Crippen LogP contribution in [0.1, 0.15) is 32.6 Å². The molecule has 0 saturated carbocycles. The second-order valence-corrected chi connectivity index (χ2v) is 11.8. The molecule has 8 nitrogen and oxygen atoms in total. The number of aliphatic carboxylic acids is 1. The van der Waals surface area contributed by atoms with Gasteiger partial charge in [-0.25, -0.2) is 4.79 Å². The number of benzene rings is 8. The molecule has 0 unspecified atom stereocenters. The molecule has 1 aliphatic rings. The molecule has 1 saturated heterocycles. The number of carboxylic acids is 1. The van der Waals surface area contributed by atoms with Crippen LogP contribution in [0.25, 0.3) is 64.6 Å². The van der Waals surface area contributed by atoms with Crippen LogP contribution in [0.4, 0.5) is 10.5 Å². The zero-order chi connectivity index (χ0) is 34.7. The Bertz CT molecular complexity index is 2330. The molecule has 8 aromatic carbocycles. The van der Waals surface area contributed by atoms with Gasteiger partial charge in [-0.15, -0.1) is 0 Å². The molecule has 3 amide bonds. The van der Waals surface area contributed by atoms with E-state index in [1.54, 1.807) is 0 Å². The number of nitrogen functional groups attached to an aromatic ring is 1. The van der Waals surface area contributed by atoms with Crippen molar-refractivity contribution >= 4 is 94.2 Å². The Morgan fingerprint density at radius 1 is 0.571 bits per heavy atom. The Balaban J connectivity index is 0.000000121. The van der Waals surface area contributed by atoms with Crippen LogP contribution in [-0.4, -0.2) is 39.0 Å². The number of carbonyl (C=O) groups excluding carboxylic acids is 2. The van der Waals surface area contributed by atoms with Crippen molar-refractivity contribution in [1.82, 2.24) is 4.90 Å². The fourth-order valence-electron chi connectivity index (χ4n) is 6.43. The number of likely N-dealkylation sites (tertiary alicyclic amines) is 1. The number of nitrogens with two attached hydrogens (primary N) is 1. The first-order valence-corrected chi connectivity index (χ1v) is 16.0. The number of carbonyl (C=O) groups is 4. The number of hydrogen-bond acceptors (Lipinski definition) is 5. The highest BCUT2D eigenvalue weighted by Gasteiger charge is 2.34. The largest absolute Gasteiger partial charge is 0.481 e. The van der Waals surface area contributed by atoms with Gasteiger partial charge in [0.1, 0.15) is 0 Å². The van der Waals surface area contributed by atoms with E-state index in [-0.39, 0.29) is 17.7 Å². The van der Waals surface area contributed by atoms with Crippen molar-refractivity contribution < 1.29 is 29.4 Å². The topological polar surface area (TPSA) is 138 Å². The van der Waals surface area contributed by atoms with Crippen LogP contribution in [0.15, 0.2) is 115 Å². The Morgan fingerprint density at radius 2 is 0.918 bits per heavy atom. The van der Waals surface area contributed by atoms with Crippen molar-refractivity contribution in [2.45, 2.75) is 32.6 Å². The van der Waals surface area contributed by atoms with Crippen LogP contribution < -0.4 is 5.73 Å². The van der Waals surface area contributed by atoms with Gasteiger partial charge < -0.3 is 15.9 Å². The molecule has 1 heterocycles. The lowest BCUT2D eigenvalue weighted by Crippen LogP contribution is -2.33. The first kappa shape index (κ1) is 32.7. The minimum absolute atomic E-state index is 0.0190. The SMILES string of the molecule is CCCC(=O)O.Nc1ccc2ccc3cccc4ccc1c2c34.O=C(O)N1C(=O)CCC1=O.c1cc2ccc3cccc4ccc(c1)c2c34. The van der Waals surface area contributed by atoms with Gasteiger partial charge in [-0.2, -0.15) is 4.90 Å². The summed E-state index contributed by atoms with van der Waals surface area (Å²) in [5, 5.41) is 31.9. The van der Waals surface area contributed by atoms with Gasteiger partial charge in [0.15, 0.2) is 0 Å². The summed E-state index contributed by atoms with van der Waals surface area (Å²) in [5.74, 6) is -1.97. The first-order valence-electron chi connectivity index (χ1n) is 16.0. The van der Waals surface area contributed by atoms with Gasteiger partial charge in [-0.05, 0) is 71.7 Å². The van der Waals surface area contributed by atoms with E-state index in [1.807, 2.05) is 13.0 Å². The number of imide groups is 3. The van der Waals surface area contributed by atoms with Crippen LogP contribution in [0.3, 0.4) is 0 Å². The maximum Gasteiger partial charge on any atom is 0.421 e. The van der Waals surface area contributed by atoms with Gasteiger partial charge in [0.2, 0.25) is 11.8 Å². The normalized spacial score (nSPS) is 12.6. The molecule has 8 aromatic rings. The average Bonchev–Trinajstić information content (AvgIpc) is 3.45. The van der Waals surface area contributed by atoms with Gasteiger partial charge >= 0.3 is 12.1 Å². The van der Waals surface area contributed by atoms with E-state index >= 15 is 0 Å². The number of nitrogens with zero attached hydrogens (tertiary/aromatic N) is 1. The number of amides is 3. The van der Waals surface area contributed by atoms with Crippen molar-refractivity contribution in [2.75, 3.05) is 5.73 Å². The predicted molar refractivity (Wildman–Crippen MR) is 196 cm³/mol. The van der Waals surface area contributed by atoms with E-state index in [4.69, 9.17) is 15.9 Å². The first-order chi connectivity index (χ1) is 23.7. The standard InChI is InChI=1S/C16H11N.C16H10.C5H5NO4.C4H8O2/c17-14-9-7-12-5-4-10-2-1-3-11-6-8-13(14)16(12)15(10)11;1-3-11-7-9-13-5-2-6-14-10-8-12(4-1)15(11)16(13)14;7-3-1-2-4(8)6(3)5(9)10;1-2-3-4(5)6/h1-9H,17H2;1-10H;1-2H2,(H,9,10);2-3H2,1H3,(H,5,6). The maximum atomic E-state index is 10.6.